The molecule has 110 valence electrons. The average molecular weight is 278 g/mol. The molecule has 20 heavy (non-hydrogen) atoms. The summed E-state index contributed by atoms with van der Waals surface area (Å²) in [5.74, 6) is 0.772. The van der Waals surface area contributed by atoms with Crippen LogP contribution in [-0.4, -0.2) is 44.7 Å². The molecule has 2 rings (SSSR count). The molecule has 0 aromatic heterocycles. The molecule has 0 amide bonds. The summed E-state index contributed by atoms with van der Waals surface area (Å²) in [5, 5.41) is 0. The first-order valence-electron chi connectivity index (χ1n) is 7.34. The van der Waals surface area contributed by atoms with Gasteiger partial charge in [-0.25, -0.2) is 0 Å². The minimum absolute atomic E-state index is 0.346. The third-order valence-corrected chi connectivity index (χ3v) is 3.55. The monoisotopic (exact) mass is 278 g/mol. The molecule has 1 unspecified atom stereocenters. The number of aldehydes is 1. The number of hydrogen-bond acceptors (Lipinski definition) is 3. The van der Waals surface area contributed by atoms with Crippen molar-refractivity contribution in [2.45, 2.75) is 32.5 Å². The van der Waals surface area contributed by atoms with Gasteiger partial charge in [-0.15, -0.1) is 0 Å². The van der Waals surface area contributed by atoms with Crippen LogP contribution in [-0.2, 0) is 4.74 Å². The summed E-state index contributed by atoms with van der Waals surface area (Å²) in [6, 6.07) is 7.29. The fourth-order valence-corrected chi connectivity index (χ4v) is 2.78. The van der Waals surface area contributed by atoms with Crippen molar-refractivity contribution in [1.29, 1.82) is 0 Å². The number of benzene rings is 1. The summed E-state index contributed by atoms with van der Waals surface area (Å²) in [6.45, 7) is 8.21. The van der Waals surface area contributed by atoms with Gasteiger partial charge in [0, 0.05) is 12.0 Å². The van der Waals surface area contributed by atoms with Crippen LogP contribution < -0.4 is 9.64 Å². The Labute approximate surface area is 120 Å². The van der Waals surface area contributed by atoms with E-state index in [0.717, 1.165) is 38.1 Å². The second-order valence-electron chi connectivity index (χ2n) is 5.56. The molecule has 1 heterocycles. The molecule has 0 spiro atoms. The second-order valence-corrected chi connectivity index (χ2v) is 5.56. The summed E-state index contributed by atoms with van der Waals surface area (Å²) in [6.07, 6.45) is 2.55. The van der Waals surface area contributed by atoms with Gasteiger partial charge in [-0.05, 0) is 26.0 Å². The Balaban J connectivity index is 1.69. The molecule has 4 nitrogen and oxygen atoms in total. The Bertz CT molecular complexity index is 425. The highest BCUT2D eigenvalue weighted by atomic mass is 16.5. The Kier molecular flexibility index (Phi) is 5.56. The number of quaternary nitrogens is 1. The lowest BCUT2D eigenvalue weighted by atomic mass is 10.2. The first kappa shape index (κ1) is 15.0. The molecule has 0 bridgehead atoms. The van der Waals surface area contributed by atoms with Crippen LogP contribution in [0.3, 0.4) is 0 Å². The number of hydrogen-bond donors (Lipinski definition) is 1. The maximum atomic E-state index is 10.7. The third kappa shape index (κ3) is 4.62. The molecule has 0 radical (unpaired) electrons. The predicted octanol–water partition coefficient (Wildman–Crippen LogP) is 0.960. The maximum absolute atomic E-state index is 10.7. The molecule has 1 aliphatic heterocycles. The number of carbonyl (C=O) groups is 1. The summed E-state index contributed by atoms with van der Waals surface area (Å²) in [4.78, 5) is 12.3. The molecular formula is C16H24NO3+. The Morgan fingerprint density at radius 1 is 1.35 bits per heavy atom. The quantitative estimate of drug-likeness (QED) is 0.622. The van der Waals surface area contributed by atoms with E-state index < -0.39 is 0 Å². The van der Waals surface area contributed by atoms with Crippen molar-refractivity contribution in [3.63, 3.8) is 0 Å². The third-order valence-electron chi connectivity index (χ3n) is 3.55. The van der Waals surface area contributed by atoms with E-state index in [2.05, 4.69) is 13.8 Å². The highest BCUT2D eigenvalue weighted by Crippen LogP contribution is 2.11. The lowest BCUT2D eigenvalue weighted by molar-refractivity contribution is -0.915. The fraction of sp³-hybridized carbons (Fsp3) is 0.562. The molecule has 3 atom stereocenters. The van der Waals surface area contributed by atoms with Gasteiger partial charge in [-0.2, -0.15) is 0 Å². The van der Waals surface area contributed by atoms with Gasteiger partial charge in [0.2, 0.25) is 0 Å². The van der Waals surface area contributed by atoms with Crippen LogP contribution in [0.25, 0.3) is 0 Å². The molecule has 0 aliphatic carbocycles. The SMILES string of the molecule is C[C@@H]1C[NH+](CCCOc2cccc(C=O)c2)C[C@H](C)O1. The zero-order valence-corrected chi connectivity index (χ0v) is 12.3. The molecule has 1 aromatic carbocycles. The fourth-order valence-electron chi connectivity index (χ4n) is 2.78. The van der Waals surface area contributed by atoms with E-state index in [1.54, 1.807) is 17.0 Å². The topological polar surface area (TPSA) is 40.0 Å². The van der Waals surface area contributed by atoms with Gasteiger partial charge < -0.3 is 14.4 Å². The van der Waals surface area contributed by atoms with Crippen LogP contribution in [0.4, 0.5) is 0 Å². The lowest BCUT2D eigenvalue weighted by Gasteiger charge is -2.32. The summed E-state index contributed by atoms with van der Waals surface area (Å²) in [5.41, 5.74) is 0.656. The highest BCUT2D eigenvalue weighted by Gasteiger charge is 2.24. The van der Waals surface area contributed by atoms with Gasteiger partial charge >= 0.3 is 0 Å². The van der Waals surface area contributed by atoms with Crippen LogP contribution in [0.15, 0.2) is 24.3 Å². The molecule has 0 saturated carbocycles. The molecule has 1 fully saturated rings. The standard InChI is InChI=1S/C16H23NO3/c1-13-10-17(11-14(2)20-13)7-4-8-19-16-6-3-5-15(9-16)12-18/h3,5-6,9,12-14H,4,7-8,10-11H2,1-2H3/p+1/t13-,14+. The number of nitrogens with one attached hydrogen (secondary N) is 1. The van der Waals surface area contributed by atoms with E-state index in [1.165, 1.54) is 0 Å². The van der Waals surface area contributed by atoms with Crippen LogP contribution in [0.5, 0.6) is 5.75 Å². The molecule has 1 aliphatic rings. The van der Waals surface area contributed by atoms with Crippen molar-refractivity contribution in [3.8, 4) is 5.75 Å². The van der Waals surface area contributed by atoms with E-state index in [4.69, 9.17) is 9.47 Å². The lowest BCUT2D eigenvalue weighted by Crippen LogP contribution is -3.15. The van der Waals surface area contributed by atoms with Crippen LogP contribution >= 0.6 is 0 Å². The first-order valence-corrected chi connectivity index (χ1v) is 7.34. The van der Waals surface area contributed by atoms with Gasteiger partial charge in [0.1, 0.15) is 37.3 Å². The normalized spacial score (nSPS) is 26.2. The Hall–Kier alpha value is -1.39. The number of rotatable bonds is 6. The van der Waals surface area contributed by atoms with Crippen molar-refractivity contribution in [2.24, 2.45) is 0 Å². The maximum Gasteiger partial charge on any atom is 0.150 e. The number of carbonyl (C=O) groups excluding carboxylic acids is 1. The van der Waals surface area contributed by atoms with Crippen molar-refractivity contribution in [2.75, 3.05) is 26.2 Å². The van der Waals surface area contributed by atoms with Crippen molar-refractivity contribution < 1.29 is 19.2 Å². The Morgan fingerprint density at radius 2 is 2.10 bits per heavy atom. The largest absolute Gasteiger partial charge is 0.493 e. The van der Waals surface area contributed by atoms with E-state index in [-0.39, 0.29) is 0 Å². The van der Waals surface area contributed by atoms with E-state index in [9.17, 15) is 4.79 Å². The van der Waals surface area contributed by atoms with E-state index in [0.29, 0.717) is 24.4 Å². The first-order chi connectivity index (χ1) is 9.67. The second kappa shape index (κ2) is 7.41. The number of ether oxygens (including phenoxy) is 2. The van der Waals surface area contributed by atoms with Gasteiger partial charge in [0.25, 0.3) is 0 Å². The van der Waals surface area contributed by atoms with Crippen LogP contribution in [0.1, 0.15) is 30.6 Å². The molecule has 1 saturated heterocycles. The summed E-state index contributed by atoms with van der Waals surface area (Å²) < 4.78 is 11.4. The van der Waals surface area contributed by atoms with E-state index >= 15 is 0 Å². The average Bonchev–Trinajstić information content (AvgIpc) is 2.43. The van der Waals surface area contributed by atoms with Gasteiger partial charge in [0.15, 0.2) is 0 Å². The minimum atomic E-state index is 0.346. The molecule has 4 heteroatoms. The predicted molar refractivity (Wildman–Crippen MR) is 77.5 cm³/mol. The summed E-state index contributed by atoms with van der Waals surface area (Å²) >= 11 is 0. The van der Waals surface area contributed by atoms with E-state index in [1.807, 2.05) is 12.1 Å². The molecule has 1 N–H and O–H groups in total. The molecular weight excluding hydrogens is 254 g/mol. The zero-order chi connectivity index (χ0) is 14.4. The number of morpholine rings is 1. The highest BCUT2D eigenvalue weighted by molar-refractivity contribution is 5.75. The van der Waals surface area contributed by atoms with Crippen molar-refractivity contribution in [1.82, 2.24) is 0 Å². The summed E-state index contributed by atoms with van der Waals surface area (Å²) in [7, 11) is 0. The van der Waals surface area contributed by atoms with Crippen molar-refractivity contribution in [3.05, 3.63) is 29.8 Å². The van der Waals surface area contributed by atoms with Crippen LogP contribution in [0, 0.1) is 0 Å². The van der Waals surface area contributed by atoms with Gasteiger partial charge in [-0.3, -0.25) is 4.79 Å². The van der Waals surface area contributed by atoms with Crippen LogP contribution in [0.2, 0.25) is 0 Å². The van der Waals surface area contributed by atoms with Gasteiger partial charge in [0.05, 0.1) is 13.2 Å². The Morgan fingerprint density at radius 3 is 2.80 bits per heavy atom. The van der Waals surface area contributed by atoms with Crippen molar-refractivity contribution >= 4 is 6.29 Å². The van der Waals surface area contributed by atoms with Gasteiger partial charge in [-0.1, -0.05) is 12.1 Å². The minimum Gasteiger partial charge on any atom is -0.493 e. The zero-order valence-electron chi connectivity index (χ0n) is 12.3. The molecule has 1 aromatic rings. The smallest absolute Gasteiger partial charge is 0.150 e.